The van der Waals surface area contributed by atoms with Crippen molar-refractivity contribution in [2.45, 2.75) is 12.0 Å². The number of benzene rings is 2. The van der Waals surface area contributed by atoms with Crippen LogP contribution in [0.15, 0.2) is 85.5 Å². The summed E-state index contributed by atoms with van der Waals surface area (Å²) in [6, 6.07) is 20.8. The molecule has 0 radical (unpaired) electrons. The lowest BCUT2D eigenvalue weighted by Gasteiger charge is -2.34. The lowest BCUT2D eigenvalue weighted by atomic mass is 9.78. The highest BCUT2D eigenvalue weighted by atomic mass is 15.2. The number of nitrogen functional groups attached to an aromatic ring is 1. The molecule has 5 rings (SSSR count). The van der Waals surface area contributed by atoms with Crippen LogP contribution in [0.5, 0.6) is 0 Å². The third-order valence-electron chi connectivity index (χ3n) is 5.24. The van der Waals surface area contributed by atoms with Crippen molar-refractivity contribution >= 4 is 5.69 Å². The zero-order valence-corrected chi connectivity index (χ0v) is 14.2. The Hall–Kier alpha value is -3.40. The van der Waals surface area contributed by atoms with Crippen molar-refractivity contribution < 1.29 is 0 Å². The predicted octanol–water partition coefficient (Wildman–Crippen LogP) is 3.88. The molecule has 0 amide bonds. The van der Waals surface area contributed by atoms with Crippen molar-refractivity contribution in [1.29, 1.82) is 0 Å². The van der Waals surface area contributed by atoms with E-state index < -0.39 is 0 Å². The van der Waals surface area contributed by atoms with E-state index in [1.807, 2.05) is 36.8 Å². The molecule has 1 aliphatic rings. The molecule has 0 bridgehead atoms. The fourth-order valence-corrected chi connectivity index (χ4v) is 4.11. The molecule has 3 heterocycles. The maximum Gasteiger partial charge on any atom is 0.141 e. The summed E-state index contributed by atoms with van der Waals surface area (Å²) in [7, 11) is 0. The molecule has 0 spiro atoms. The summed E-state index contributed by atoms with van der Waals surface area (Å²) in [4.78, 5) is 8.96. The Morgan fingerprint density at radius 2 is 1.77 bits per heavy atom. The first-order valence-electron chi connectivity index (χ1n) is 8.68. The SMILES string of the molecule is Nc1ccc(C2(Cc3cccnc3)c3ccccc3-c3nccn32)cc1. The highest BCUT2D eigenvalue weighted by molar-refractivity contribution is 5.71. The third-order valence-corrected chi connectivity index (χ3v) is 5.24. The van der Waals surface area contributed by atoms with Gasteiger partial charge in [0.2, 0.25) is 0 Å². The van der Waals surface area contributed by atoms with Crippen molar-refractivity contribution in [3.8, 4) is 11.4 Å². The Morgan fingerprint density at radius 1 is 0.923 bits per heavy atom. The van der Waals surface area contributed by atoms with Crippen LogP contribution in [-0.2, 0) is 12.0 Å². The number of nitrogens with two attached hydrogens (primary N) is 1. The summed E-state index contributed by atoms with van der Waals surface area (Å²) in [5.74, 6) is 1.00. The number of anilines is 1. The molecule has 4 aromatic rings. The normalized spacial score (nSPS) is 17.7. The first-order valence-corrected chi connectivity index (χ1v) is 8.68. The summed E-state index contributed by atoms with van der Waals surface area (Å²) in [5.41, 5.74) is 11.2. The van der Waals surface area contributed by atoms with Gasteiger partial charge in [0.25, 0.3) is 0 Å². The molecule has 4 heteroatoms. The second kappa shape index (κ2) is 5.56. The molecule has 1 aliphatic heterocycles. The molecule has 26 heavy (non-hydrogen) atoms. The molecule has 2 N–H and O–H groups in total. The summed E-state index contributed by atoms with van der Waals surface area (Å²) < 4.78 is 2.29. The van der Waals surface area contributed by atoms with E-state index in [0.717, 1.165) is 17.9 Å². The van der Waals surface area contributed by atoms with Crippen LogP contribution in [-0.4, -0.2) is 14.5 Å². The van der Waals surface area contributed by atoms with Gasteiger partial charge in [-0.25, -0.2) is 4.98 Å². The molecule has 0 saturated heterocycles. The van der Waals surface area contributed by atoms with Gasteiger partial charge in [0.05, 0.1) is 0 Å². The van der Waals surface area contributed by atoms with Crippen LogP contribution in [0.1, 0.15) is 16.7 Å². The fraction of sp³-hybridized carbons (Fsp3) is 0.0909. The molecule has 2 aromatic carbocycles. The van der Waals surface area contributed by atoms with Crippen molar-refractivity contribution in [3.63, 3.8) is 0 Å². The van der Waals surface area contributed by atoms with Crippen LogP contribution in [0.2, 0.25) is 0 Å². The number of imidazole rings is 1. The van der Waals surface area contributed by atoms with E-state index in [9.17, 15) is 0 Å². The number of hydrogen-bond donors (Lipinski definition) is 1. The summed E-state index contributed by atoms with van der Waals surface area (Å²) >= 11 is 0. The van der Waals surface area contributed by atoms with Gasteiger partial charge in [0.15, 0.2) is 0 Å². The smallest absolute Gasteiger partial charge is 0.141 e. The molecule has 4 nitrogen and oxygen atoms in total. The van der Waals surface area contributed by atoms with Crippen LogP contribution in [0.3, 0.4) is 0 Å². The quantitative estimate of drug-likeness (QED) is 0.577. The minimum absolute atomic E-state index is 0.362. The van der Waals surface area contributed by atoms with E-state index in [2.05, 4.69) is 63.2 Å². The van der Waals surface area contributed by atoms with Crippen LogP contribution < -0.4 is 5.73 Å². The minimum Gasteiger partial charge on any atom is -0.399 e. The Kier molecular flexibility index (Phi) is 3.19. The van der Waals surface area contributed by atoms with Gasteiger partial charge in [-0.15, -0.1) is 0 Å². The van der Waals surface area contributed by atoms with Gasteiger partial charge >= 0.3 is 0 Å². The van der Waals surface area contributed by atoms with Crippen molar-refractivity contribution in [2.24, 2.45) is 0 Å². The number of aromatic nitrogens is 3. The van der Waals surface area contributed by atoms with E-state index in [1.54, 1.807) is 0 Å². The standard InChI is InChI=1S/C22H18N4/c23-18-9-7-17(8-10-18)22(14-16-4-3-11-24-15-16)20-6-2-1-5-19(20)21-25-12-13-26(21)22/h1-13,15H,14,23H2. The number of pyridine rings is 1. The predicted molar refractivity (Wildman–Crippen MR) is 103 cm³/mol. The molecule has 2 aromatic heterocycles. The van der Waals surface area contributed by atoms with Crippen LogP contribution in [0, 0.1) is 0 Å². The van der Waals surface area contributed by atoms with E-state index >= 15 is 0 Å². The topological polar surface area (TPSA) is 56.7 Å². The lowest BCUT2D eigenvalue weighted by molar-refractivity contribution is 0.449. The first kappa shape index (κ1) is 14.9. The van der Waals surface area contributed by atoms with E-state index in [0.29, 0.717) is 0 Å². The van der Waals surface area contributed by atoms with Gasteiger partial charge < -0.3 is 10.3 Å². The summed E-state index contributed by atoms with van der Waals surface area (Å²) in [6.07, 6.45) is 8.50. The molecule has 0 fully saturated rings. The number of fused-ring (bicyclic) bond motifs is 3. The van der Waals surface area contributed by atoms with Crippen molar-refractivity contribution in [2.75, 3.05) is 5.73 Å². The summed E-state index contributed by atoms with van der Waals surface area (Å²) in [6.45, 7) is 0. The molecular weight excluding hydrogens is 320 g/mol. The average Bonchev–Trinajstić information content (AvgIpc) is 3.26. The maximum absolute atomic E-state index is 5.96. The molecule has 1 unspecified atom stereocenters. The van der Waals surface area contributed by atoms with Crippen molar-refractivity contribution in [3.05, 3.63) is 102 Å². The van der Waals surface area contributed by atoms with Gasteiger partial charge in [-0.3, -0.25) is 4.98 Å². The Labute approximate surface area is 152 Å². The molecular formula is C22H18N4. The third kappa shape index (κ3) is 2.02. The van der Waals surface area contributed by atoms with E-state index in [-0.39, 0.29) is 5.54 Å². The first-order chi connectivity index (χ1) is 12.8. The van der Waals surface area contributed by atoms with Gasteiger partial charge in [0.1, 0.15) is 11.4 Å². The van der Waals surface area contributed by atoms with Crippen LogP contribution in [0.25, 0.3) is 11.4 Å². The monoisotopic (exact) mass is 338 g/mol. The van der Waals surface area contributed by atoms with E-state index in [1.165, 1.54) is 22.3 Å². The highest BCUT2D eigenvalue weighted by Crippen LogP contribution is 2.48. The zero-order chi connectivity index (χ0) is 17.6. The zero-order valence-electron chi connectivity index (χ0n) is 14.2. The minimum atomic E-state index is -0.362. The Bertz CT molecular complexity index is 1070. The van der Waals surface area contributed by atoms with E-state index in [4.69, 9.17) is 5.73 Å². The maximum atomic E-state index is 5.96. The molecule has 1 atom stereocenters. The van der Waals surface area contributed by atoms with Gasteiger partial charge in [-0.1, -0.05) is 42.5 Å². The number of hydrogen-bond acceptors (Lipinski definition) is 3. The lowest BCUT2D eigenvalue weighted by Crippen LogP contribution is -2.35. The van der Waals surface area contributed by atoms with Crippen LogP contribution in [0.4, 0.5) is 5.69 Å². The second-order valence-corrected chi connectivity index (χ2v) is 6.69. The Morgan fingerprint density at radius 3 is 2.58 bits per heavy atom. The average molecular weight is 338 g/mol. The molecule has 126 valence electrons. The molecule has 0 aliphatic carbocycles. The fourth-order valence-electron chi connectivity index (χ4n) is 4.11. The number of rotatable bonds is 3. The van der Waals surface area contributed by atoms with Crippen molar-refractivity contribution in [1.82, 2.24) is 14.5 Å². The second-order valence-electron chi connectivity index (χ2n) is 6.69. The molecule has 0 saturated carbocycles. The largest absolute Gasteiger partial charge is 0.399 e. The Balaban J connectivity index is 1.82. The van der Waals surface area contributed by atoms with Gasteiger partial charge in [-0.2, -0.15) is 0 Å². The van der Waals surface area contributed by atoms with Gasteiger partial charge in [-0.05, 0) is 34.9 Å². The van der Waals surface area contributed by atoms with Gasteiger partial charge in [0, 0.05) is 42.5 Å². The highest BCUT2D eigenvalue weighted by Gasteiger charge is 2.44. The van der Waals surface area contributed by atoms with Crippen LogP contribution >= 0.6 is 0 Å². The number of nitrogens with zero attached hydrogens (tertiary/aromatic N) is 3. The summed E-state index contributed by atoms with van der Waals surface area (Å²) in [5, 5.41) is 0.